The van der Waals surface area contributed by atoms with Gasteiger partial charge in [-0.1, -0.05) is 96.7 Å². The van der Waals surface area contributed by atoms with Crippen LogP contribution in [0, 0.1) is 11.3 Å². The van der Waals surface area contributed by atoms with Crippen molar-refractivity contribution < 1.29 is 0 Å². The van der Waals surface area contributed by atoms with Gasteiger partial charge in [-0.15, -0.1) is 0 Å². The molecule has 0 aliphatic heterocycles. The first-order chi connectivity index (χ1) is 12.9. The zero-order valence-corrected chi connectivity index (χ0v) is 19.7. The van der Waals surface area contributed by atoms with Gasteiger partial charge in [0.1, 0.15) is 0 Å². The minimum Gasteiger partial charge on any atom is -0.396 e. The molecule has 0 saturated carbocycles. The lowest BCUT2D eigenvalue weighted by atomic mass is 9.34. The zero-order valence-electron chi connectivity index (χ0n) is 19.7. The first-order valence-electron chi connectivity index (χ1n) is 10.5. The summed E-state index contributed by atoms with van der Waals surface area (Å²) in [5, 5.41) is 3.83. The van der Waals surface area contributed by atoms with Gasteiger partial charge in [-0.2, -0.15) is 0 Å². The average molecular weight is 380 g/mol. The topological polar surface area (TPSA) is 24.4 Å². The summed E-state index contributed by atoms with van der Waals surface area (Å²) < 4.78 is 0. The maximum Gasteiger partial charge on any atom is 0.198 e. The largest absolute Gasteiger partial charge is 0.396 e. The van der Waals surface area contributed by atoms with Crippen LogP contribution in [0.1, 0.15) is 61.0 Å². The Morgan fingerprint density at radius 1 is 1.14 bits per heavy atom. The van der Waals surface area contributed by atoms with Gasteiger partial charge in [0.2, 0.25) is 0 Å². The number of hydrogen-bond donors (Lipinski definition) is 1. The molecular weight excluding hydrogens is 339 g/mol. The van der Waals surface area contributed by atoms with Crippen molar-refractivity contribution in [3.63, 3.8) is 0 Å². The molecule has 0 saturated heterocycles. The maximum atomic E-state index is 5.04. The van der Waals surface area contributed by atoms with Gasteiger partial charge in [-0.05, 0) is 31.4 Å². The van der Waals surface area contributed by atoms with Crippen LogP contribution in [-0.4, -0.2) is 19.0 Å². The Balaban J connectivity index is 3.04. The molecule has 1 N–H and O–H groups in total. The van der Waals surface area contributed by atoms with Gasteiger partial charge < -0.3 is 5.32 Å². The molecule has 1 aromatic carbocycles. The van der Waals surface area contributed by atoms with Crippen LogP contribution in [0.2, 0.25) is 12.1 Å². The monoisotopic (exact) mass is 380 g/mol. The minimum atomic E-state index is 0.0467. The van der Waals surface area contributed by atoms with E-state index in [1.54, 1.807) is 0 Å². The Hall–Kier alpha value is -1.77. The Bertz CT molecular complexity index is 687. The summed E-state index contributed by atoms with van der Waals surface area (Å²) in [6.07, 6.45) is 3.11. The Kier molecular flexibility index (Phi) is 8.79. The number of benzene rings is 1. The summed E-state index contributed by atoms with van der Waals surface area (Å²) in [6.45, 7) is 25.5. The third-order valence-corrected chi connectivity index (χ3v) is 5.65. The third-order valence-electron chi connectivity index (χ3n) is 5.65. The standard InChI is InChI=1S/C25H41BN2/c1-11-23(24(4,5)6)28-19(2)22(17-21-15-13-12-14-16-21)18-27-20(3)26(10)25(7,8)9/h11-16,22,27H,3,17-18H2,1-2,4-10H3/b23-11-,28-19+. The van der Waals surface area contributed by atoms with Gasteiger partial charge in [0.15, 0.2) is 6.71 Å². The van der Waals surface area contributed by atoms with Crippen LogP contribution in [-0.2, 0) is 6.42 Å². The summed E-state index contributed by atoms with van der Waals surface area (Å²) in [4.78, 5) is 5.04. The van der Waals surface area contributed by atoms with E-state index in [2.05, 4.69) is 111 Å². The van der Waals surface area contributed by atoms with Crippen LogP contribution in [0.5, 0.6) is 0 Å². The summed E-state index contributed by atoms with van der Waals surface area (Å²) in [6, 6.07) is 10.7. The molecule has 1 aromatic rings. The van der Waals surface area contributed by atoms with Crippen molar-refractivity contribution in [1.82, 2.24) is 5.32 Å². The highest BCUT2D eigenvalue weighted by Gasteiger charge is 2.27. The number of rotatable bonds is 8. The van der Waals surface area contributed by atoms with E-state index in [1.807, 2.05) is 0 Å². The Labute approximate surface area is 174 Å². The number of nitrogens with one attached hydrogen (secondary N) is 1. The molecule has 154 valence electrons. The molecule has 0 amide bonds. The van der Waals surface area contributed by atoms with Crippen LogP contribution in [0.25, 0.3) is 0 Å². The lowest BCUT2D eigenvalue weighted by Gasteiger charge is -2.29. The normalized spacial score (nSPS) is 14.6. The van der Waals surface area contributed by atoms with Gasteiger partial charge >= 0.3 is 0 Å². The van der Waals surface area contributed by atoms with Crippen molar-refractivity contribution >= 4 is 12.4 Å². The number of aliphatic imine (C=N–C) groups is 1. The quantitative estimate of drug-likeness (QED) is 0.388. The van der Waals surface area contributed by atoms with E-state index in [-0.39, 0.29) is 10.7 Å². The molecule has 1 rings (SSSR count). The molecule has 0 heterocycles. The molecule has 0 radical (unpaired) electrons. The average Bonchev–Trinajstić information content (AvgIpc) is 2.60. The van der Waals surface area contributed by atoms with Crippen LogP contribution in [0.15, 0.2) is 59.3 Å². The van der Waals surface area contributed by atoms with Gasteiger partial charge in [0, 0.05) is 29.3 Å². The third kappa shape index (κ3) is 7.69. The molecule has 28 heavy (non-hydrogen) atoms. The van der Waals surface area contributed by atoms with Crippen molar-refractivity contribution in [2.75, 3.05) is 6.54 Å². The van der Waals surface area contributed by atoms with E-state index < -0.39 is 0 Å². The van der Waals surface area contributed by atoms with Gasteiger partial charge in [-0.25, -0.2) is 0 Å². The van der Waals surface area contributed by atoms with Crippen molar-refractivity contribution in [1.29, 1.82) is 0 Å². The number of allylic oxidation sites excluding steroid dienone is 2. The van der Waals surface area contributed by atoms with E-state index in [4.69, 9.17) is 4.99 Å². The minimum absolute atomic E-state index is 0.0467. The highest BCUT2D eigenvalue weighted by atomic mass is 14.9. The highest BCUT2D eigenvalue weighted by molar-refractivity contribution is 6.68. The lowest BCUT2D eigenvalue weighted by molar-refractivity contribution is 0.495. The second-order valence-electron chi connectivity index (χ2n) is 10.1. The predicted molar refractivity (Wildman–Crippen MR) is 128 cm³/mol. The molecule has 2 nitrogen and oxygen atoms in total. The lowest BCUT2D eigenvalue weighted by Crippen LogP contribution is -2.36. The van der Waals surface area contributed by atoms with Crippen LogP contribution >= 0.6 is 0 Å². The first-order valence-corrected chi connectivity index (χ1v) is 10.5. The highest BCUT2D eigenvalue weighted by Crippen LogP contribution is 2.30. The van der Waals surface area contributed by atoms with Gasteiger partial charge in [0.05, 0.1) is 0 Å². The van der Waals surface area contributed by atoms with Crippen molar-refractivity contribution in [2.45, 2.75) is 73.9 Å². The van der Waals surface area contributed by atoms with Crippen molar-refractivity contribution in [3.05, 3.63) is 59.8 Å². The molecule has 0 aliphatic rings. The van der Waals surface area contributed by atoms with E-state index in [9.17, 15) is 0 Å². The fraction of sp³-hybridized carbons (Fsp3) is 0.560. The molecule has 1 atom stereocenters. The second kappa shape index (κ2) is 10.1. The van der Waals surface area contributed by atoms with Crippen molar-refractivity contribution in [3.8, 4) is 0 Å². The van der Waals surface area contributed by atoms with Crippen molar-refractivity contribution in [2.24, 2.45) is 16.3 Å². The molecule has 0 aromatic heterocycles. The summed E-state index contributed by atoms with van der Waals surface area (Å²) in [7, 11) is 0. The van der Waals surface area contributed by atoms with Gasteiger partial charge in [-0.3, -0.25) is 4.99 Å². The fourth-order valence-electron chi connectivity index (χ4n) is 3.14. The van der Waals surface area contributed by atoms with Crippen LogP contribution < -0.4 is 5.32 Å². The van der Waals surface area contributed by atoms with Crippen LogP contribution in [0.4, 0.5) is 0 Å². The Morgan fingerprint density at radius 3 is 2.18 bits per heavy atom. The summed E-state index contributed by atoms with van der Waals surface area (Å²) >= 11 is 0. The second-order valence-corrected chi connectivity index (χ2v) is 10.1. The molecule has 1 unspecified atom stereocenters. The predicted octanol–water partition coefficient (Wildman–Crippen LogP) is 6.82. The molecule has 0 spiro atoms. The molecule has 0 bridgehead atoms. The smallest absolute Gasteiger partial charge is 0.198 e. The SMILES string of the molecule is C=C(NCC(Cc1ccccc1)/C(C)=N/C(=C\C)C(C)(C)C)B(C)C(C)(C)C. The van der Waals surface area contributed by atoms with E-state index in [0.717, 1.165) is 24.3 Å². The number of hydrogen-bond acceptors (Lipinski definition) is 2. The summed E-state index contributed by atoms with van der Waals surface area (Å²) in [5.74, 6) is 0.323. The van der Waals surface area contributed by atoms with E-state index in [1.165, 1.54) is 11.3 Å². The van der Waals surface area contributed by atoms with Gasteiger partial charge in [0.25, 0.3) is 0 Å². The van der Waals surface area contributed by atoms with E-state index in [0.29, 0.717) is 12.6 Å². The molecule has 0 fully saturated rings. The molecule has 0 aliphatic carbocycles. The fourth-order valence-corrected chi connectivity index (χ4v) is 3.14. The zero-order chi connectivity index (χ0) is 21.5. The molecular formula is C25H41BN2. The van der Waals surface area contributed by atoms with Crippen LogP contribution in [0.3, 0.4) is 0 Å². The van der Waals surface area contributed by atoms with E-state index >= 15 is 0 Å². The number of nitrogens with zero attached hydrogens (tertiary/aromatic N) is 1. The first kappa shape index (κ1) is 24.3. The Morgan fingerprint density at radius 2 is 1.71 bits per heavy atom. The summed E-state index contributed by atoms with van der Waals surface area (Å²) in [5.41, 5.74) is 4.82. The molecule has 3 heteroatoms. The maximum absolute atomic E-state index is 5.04.